The highest BCUT2D eigenvalue weighted by molar-refractivity contribution is 5.74. The summed E-state index contributed by atoms with van der Waals surface area (Å²) in [4.78, 5) is 12.7. The van der Waals surface area contributed by atoms with E-state index in [9.17, 15) is 9.90 Å². The fraction of sp³-hybridized carbons (Fsp3) is 0.833. The highest BCUT2D eigenvalue weighted by Gasteiger charge is 2.66. The number of aliphatic hydroxyl groups is 1. The van der Waals surface area contributed by atoms with Crippen molar-refractivity contribution < 1.29 is 14.6 Å². The number of aliphatic hydroxyl groups excluding tert-OH is 1. The molecule has 0 aromatic heterocycles. The molecule has 8 unspecified atom stereocenters. The Balaban J connectivity index is 1.61. The van der Waals surface area contributed by atoms with Crippen LogP contribution in [0.5, 0.6) is 0 Å². The summed E-state index contributed by atoms with van der Waals surface area (Å²) in [5, 5.41) is 9.87. The van der Waals surface area contributed by atoms with Crippen molar-refractivity contribution in [1.82, 2.24) is 0 Å². The van der Waals surface area contributed by atoms with Crippen LogP contribution in [0.4, 0.5) is 0 Å². The molecule has 3 fully saturated rings. The van der Waals surface area contributed by atoms with Crippen molar-refractivity contribution in [2.45, 2.75) is 39.2 Å². The molecule has 8 atom stereocenters. The minimum atomic E-state index is -0.438. The van der Waals surface area contributed by atoms with Gasteiger partial charge in [0.1, 0.15) is 5.60 Å². The summed E-state index contributed by atoms with van der Waals surface area (Å²) >= 11 is 0. The standard InChI is InChI=1S/C18H26O3/c1-18(2,3)21-17(20)16-12-7-11(13(16)8-19)14-9-4-5-10(6-9)15(12)14/h4-5,9-16,19H,6-8H2,1-3H3. The minimum Gasteiger partial charge on any atom is -0.460 e. The number of rotatable bonds is 2. The van der Waals surface area contributed by atoms with Gasteiger partial charge >= 0.3 is 5.97 Å². The second kappa shape index (κ2) is 4.34. The van der Waals surface area contributed by atoms with Crippen LogP contribution in [0, 0.1) is 47.3 Å². The molecule has 0 heterocycles. The summed E-state index contributed by atoms with van der Waals surface area (Å²) in [5.74, 6) is 3.73. The molecule has 4 aliphatic carbocycles. The fourth-order valence-corrected chi connectivity index (χ4v) is 6.13. The van der Waals surface area contributed by atoms with Crippen molar-refractivity contribution in [1.29, 1.82) is 0 Å². The summed E-state index contributed by atoms with van der Waals surface area (Å²) < 4.78 is 5.67. The molecular formula is C18H26O3. The van der Waals surface area contributed by atoms with Gasteiger partial charge in [-0.15, -0.1) is 0 Å². The van der Waals surface area contributed by atoms with E-state index >= 15 is 0 Å². The van der Waals surface area contributed by atoms with Crippen LogP contribution in [0.25, 0.3) is 0 Å². The van der Waals surface area contributed by atoms with Crippen molar-refractivity contribution in [3.8, 4) is 0 Å². The lowest BCUT2D eigenvalue weighted by atomic mass is 9.65. The molecule has 0 radical (unpaired) electrons. The molecule has 116 valence electrons. The van der Waals surface area contributed by atoms with Crippen molar-refractivity contribution in [2.24, 2.45) is 47.3 Å². The Morgan fingerprint density at radius 1 is 1.14 bits per heavy atom. The van der Waals surface area contributed by atoms with E-state index in [1.54, 1.807) is 0 Å². The van der Waals surface area contributed by atoms with Gasteiger partial charge in [0.25, 0.3) is 0 Å². The molecule has 4 bridgehead atoms. The van der Waals surface area contributed by atoms with Gasteiger partial charge < -0.3 is 9.84 Å². The second-order valence-corrected chi connectivity index (χ2v) is 8.57. The number of ether oxygens (including phenoxy) is 1. The molecule has 3 heteroatoms. The van der Waals surface area contributed by atoms with Crippen LogP contribution >= 0.6 is 0 Å². The molecule has 3 saturated carbocycles. The zero-order valence-corrected chi connectivity index (χ0v) is 13.2. The van der Waals surface area contributed by atoms with Crippen LogP contribution in [0.15, 0.2) is 12.2 Å². The van der Waals surface area contributed by atoms with E-state index < -0.39 is 5.60 Å². The molecule has 4 rings (SSSR count). The van der Waals surface area contributed by atoms with Crippen LogP contribution in [0.3, 0.4) is 0 Å². The monoisotopic (exact) mass is 290 g/mol. The smallest absolute Gasteiger partial charge is 0.310 e. The second-order valence-electron chi connectivity index (χ2n) is 8.57. The molecular weight excluding hydrogens is 264 g/mol. The van der Waals surface area contributed by atoms with Crippen LogP contribution in [0.2, 0.25) is 0 Å². The first-order valence-corrected chi connectivity index (χ1v) is 8.43. The summed E-state index contributed by atoms with van der Waals surface area (Å²) in [6, 6.07) is 0. The normalized spacial score (nSPS) is 49.7. The number of allylic oxidation sites excluding steroid dienone is 2. The molecule has 21 heavy (non-hydrogen) atoms. The van der Waals surface area contributed by atoms with Crippen LogP contribution in [-0.2, 0) is 9.53 Å². The van der Waals surface area contributed by atoms with Crippen molar-refractivity contribution in [2.75, 3.05) is 6.61 Å². The van der Waals surface area contributed by atoms with E-state index in [2.05, 4.69) is 12.2 Å². The average Bonchev–Trinajstić information content (AvgIpc) is 3.12. The Morgan fingerprint density at radius 3 is 2.33 bits per heavy atom. The quantitative estimate of drug-likeness (QED) is 0.483. The average molecular weight is 290 g/mol. The molecule has 0 amide bonds. The van der Waals surface area contributed by atoms with Crippen molar-refractivity contribution in [3.63, 3.8) is 0 Å². The van der Waals surface area contributed by atoms with E-state index in [0.717, 1.165) is 12.3 Å². The van der Waals surface area contributed by atoms with Gasteiger partial charge in [0, 0.05) is 6.61 Å². The summed E-state index contributed by atoms with van der Waals surface area (Å²) in [7, 11) is 0. The highest BCUT2D eigenvalue weighted by atomic mass is 16.6. The van der Waals surface area contributed by atoms with E-state index in [1.807, 2.05) is 20.8 Å². The third-order valence-corrected chi connectivity index (χ3v) is 6.48. The first kappa shape index (κ1) is 13.8. The highest BCUT2D eigenvalue weighted by Crippen LogP contribution is 2.68. The Morgan fingerprint density at radius 2 is 1.76 bits per heavy atom. The predicted molar refractivity (Wildman–Crippen MR) is 79.2 cm³/mol. The summed E-state index contributed by atoms with van der Waals surface area (Å²) in [6.07, 6.45) is 7.18. The maximum absolute atomic E-state index is 12.7. The van der Waals surface area contributed by atoms with E-state index in [0.29, 0.717) is 29.6 Å². The molecule has 1 N–H and O–H groups in total. The largest absolute Gasteiger partial charge is 0.460 e. The van der Waals surface area contributed by atoms with Gasteiger partial charge in [-0.25, -0.2) is 0 Å². The molecule has 4 aliphatic rings. The first-order chi connectivity index (χ1) is 9.90. The lowest BCUT2D eigenvalue weighted by molar-refractivity contribution is -0.167. The van der Waals surface area contributed by atoms with Crippen molar-refractivity contribution in [3.05, 3.63) is 12.2 Å². The van der Waals surface area contributed by atoms with Crippen molar-refractivity contribution >= 4 is 5.97 Å². The molecule has 0 aliphatic heterocycles. The zero-order chi connectivity index (χ0) is 14.9. The minimum absolute atomic E-state index is 0.0701. The lowest BCUT2D eigenvalue weighted by Gasteiger charge is -2.40. The summed E-state index contributed by atoms with van der Waals surface area (Å²) in [5.41, 5.74) is -0.438. The van der Waals surface area contributed by atoms with Gasteiger partial charge in [0.2, 0.25) is 0 Å². The fourth-order valence-electron chi connectivity index (χ4n) is 6.13. The van der Waals surface area contributed by atoms with Gasteiger partial charge in [0.05, 0.1) is 5.92 Å². The van der Waals surface area contributed by atoms with Gasteiger partial charge in [-0.1, -0.05) is 12.2 Å². The van der Waals surface area contributed by atoms with Gasteiger partial charge in [0.15, 0.2) is 0 Å². The Kier molecular flexibility index (Phi) is 2.86. The van der Waals surface area contributed by atoms with Gasteiger partial charge in [-0.3, -0.25) is 4.79 Å². The predicted octanol–water partition coefficient (Wildman–Crippen LogP) is 2.64. The van der Waals surface area contributed by atoms with Crippen LogP contribution in [0.1, 0.15) is 33.6 Å². The first-order valence-electron chi connectivity index (χ1n) is 8.43. The molecule has 0 aromatic carbocycles. The Labute approximate surface area is 126 Å². The number of carbonyl (C=O) groups is 1. The van der Waals surface area contributed by atoms with E-state index in [4.69, 9.17) is 4.74 Å². The number of fused-ring (bicyclic) bond motifs is 9. The van der Waals surface area contributed by atoms with E-state index in [1.165, 1.54) is 6.42 Å². The zero-order valence-electron chi connectivity index (χ0n) is 13.2. The van der Waals surface area contributed by atoms with Crippen LogP contribution in [-0.4, -0.2) is 23.3 Å². The summed E-state index contributed by atoms with van der Waals surface area (Å²) in [6.45, 7) is 5.91. The van der Waals surface area contributed by atoms with Gasteiger partial charge in [-0.2, -0.15) is 0 Å². The molecule has 3 nitrogen and oxygen atoms in total. The number of esters is 1. The molecule has 0 spiro atoms. The Bertz CT molecular complexity index is 489. The lowest BCUT2D eigenvalue weighted by Crippen LogP contribution is -2.44. The molecule has 0 aromatic rings. The molecule has 0 saturated heterocycles. The number of hydrogen-bond donors (Lipinski definition) is 1. The SMILES string of the molecule is CC(C)(C)OC(=O)C1C(CO)C2CC1C1C3C=CC(C3)C21. The van der Waals surface area contributed by atoms with Gasteiger partial charge in [-0.05, 0) is 75.0 Å². The maximum Gasteiger partial charge on any atom is 0.310 e. The third kappa shape index (κ3) is 1.86. The Hall–Kier alpha value is -0.830. The topological polar surface area (TPSA) is 46.5 Å². The van der Waals surface area contributed by atoms with E-state index in [-0.39, 0.29) is 24.4 Å². The number of hydrogen-bond acceptors (Lipinski definition) is 3. The number of carbonyl (C=O) groups excluding carboxylic acids is 1. The van der Waals surface area contributed by atoms with Crippen LogP contribution < -0.4 is 0 Å². The third-order valence-electron chi connectivity index (χ3n) is 6.48. The maximum atomic E-state index is 12.7.